The Balaban J connectivity index is 3.16. The zero-order valence-electron chi connectivity index (χ0n) is 9.65. The van der Waals surface area contributed by atoms with Crippen molar-refractivity contribution in [3.63, 3.8) is 0 Å². The number of carboxylic acids is 2. The fourth-order valence-electron chi connectivity index (χ4n) is 1.74. The molecule has 0 bridgehead atoms. The molecule has 0 saturated carbocycles. The average Bonchev–Trinajstić information content (AvgIpc) is 2.27. The van der Waals surface area contributed by atoms with Crippen molar-refractivity contribution in [3.8, 4) is 0 Å². The number of carbonyl (C=O) groups is 2. The number of halogens is 3. The Kier molecular flexibility index (Phi) is 4.52. The lowest BCUT2D eigenvalue weighted by Gasteiger charge is -2.17. The highest BCUT2D eigenvalue weighted by Crippen LogP contribution is 2.36. The maximum atomic E-state index is 12.8. The minimum atomic E-state index is -4.67. The van der Waals surface area contributed by atoms with Gasteiger partial charge in [0.05, 0.1) is 11.5 Å². The highest BCUT2D eigenvalue weighted by atomic mass is 19.4. The molecule has 0 fully saturated rings. The lowest BCUT2D eigenvalue weighted by Crippen LogP contribution is -2.18. The van der Waals surface area contributed by atoms with Crippen LogP contribution in [0.1, 0.15) is 29.9 Å². The van der Waals surface area contributed by atoms with E-state index in [9.17, 15) is 22.8 Å². The lowest BCUT2D eigenvalue weighted by molar-refractivity contribution is -0.142. The van der Waals surface area contributed by atoms with Gasteiger partial charge in [0, 0.05) is 6.42 Å². The van der Waals surface area contributed by atoms with Crippen LogP contribution < -0.4 is 0 Å². The first-order chi connectivity index (χ1) is 8.73. The van der Waals surface area contributed by atoms with Gasteiger partial charge in [0.25, 0.3) is 0 Å². The summed E-state index contributed by atoms with van der Waals surface area (Å²) in [6, 6.07) is 4.29. The SMILES string of the molecule is O=C(O)CCC(C(=O)O)c1ccccc1C(F)(F)F. The van der Waals surface area contributed by atoms with Gasteiger partial charge in [-0.2, -0.15) is 13.2 Å². The highest BCUT2D eigenvalue weighted by molar-refractivity contribution is 5.78. The smallest absolute Gasteiger partial charge is 0.416 e. The summed E-state index contributed by atoms with van der Waals surface area (Å²) in [6.45, 7) is 0. The van der Waals surface area contributed by atoms with E-state index >= 15 is 0 Å². The minimum Gasteiger partial charge on any atom is -0.481 e. The molecule has 7 heteroatoms. The van der Waals surface area contributed by atoms with E-state index < -0.39 is 48.0 Å². The number of alkyl halides is 3. The van der Waals surface area contributed by atoms with Gasteiger partial charge in [0.1, 0.15) is 0 Å². The molecular weight excluding hydrogens is 265 g/mol. The Labute approximate surface area is 106 Å². The van der Waals surface area contributed by atoms with E-state index in [0.717, 1.165) is 18.2 Å². The van der Waals surface area contributed by atoms with Crippen molar-refractivity contribution in [1.82, 2.24) is 0 Å². The van der Waals surface area contributed by atoms with Crippen molar-refractivity contribution in [2.24, 2.45) is 0 Å². The summed E-state index contributed by atoms with van der Waals surface area (Å²) in [5, 5.41) is 17.5. The largest absolute Gasteiger partial charge is 0.481 e. The van der Waals surface area contributed by atoms with Crippen LogP contribution >= 0.6 is 0 Å². The van der Waals surface area contributed by atoms with Crippen LogP contribution in [0, 0.1) is 0 Å². The Morgan fingerprint density at radius 2 is 1.74 bits per heavy atom. The zero-order chi connectivity index (χ0) is 14.6. The van der Waals surface area contributed by atoms with E-state index in [4.69, 9.17) is 10.2 Å². The molecule has 0 radical (unpaired) electrons. The molecule has 104 valence electrons. The number of benzene rings is 1. The van der Waals surface area contributed by atoms with Crippen molar-refractivity contribution in [1.29, 1.82) is 0 Å². The van der Waals surface area contributed by atoms with Crippen molar-refractivity contribution in [2.45, 2.75) is 24.9 Å². The van der Waals surface area contributed by atoms with Gasteiger partial charge in [0.15, 0.2) is 0 Å². The van der Waals surface area contributed by atoms with Crippen molar-refractivity contribution < 1.29 is 33.0 Å². The fourth-order valence-corrected chi connectivity index (χ4v) is 1.74. The molecule has 0 aliphatic heterocycles. The molecule has 0 aliphatic rings. The van der Waals surface area contributed by atoms with E-state index in [-0.39, 0.29) is 0 Å². The highest BCUT2D eigenvalue weighted by Gasteiger charge is 2.36. The van der Waals surface area contributed by atoms with Gasteiger partial charge in [-0.05, 0) is 18.1 Å². The Morgan fingerprint density at radius 1 is 1.16 bits per heavy atom. The van der Waals surface area contributed by atoms with E-state index in [2.05, 4.69) is 0 Å². The molecule has 1 aromatic carbocycles. The fraction of sp³-hybridized carbons (Fsp3) is 0.333. The lowest BCUT2D eigenvalue weighted by atomic mass is 9.90. The third-order valence-electron chi connectivity index (χ3n) is 2.59. The number of hydrogen-bond acceptors (Lipinski definition) is 2. The number of hydrogen-bond donors (Lipinski definition) is 2. The molecule has 4 nitrogen and oxygen atoms in total. The molecule has 1 rings (SSSR count). The maximum absolute atomic E-state index is 12.8. The van der Waals surface area contributed by atoms with E-state index in [1.165, 1.54) is 6.07 Å². The topological polar surface area (TPSA) is 74.6 Å². The predicted octanol–water partition coefficient (Wildman–Crippen LogP) is 2.74. The van der Waals surface area contributed by atoms with Crippen LogP contribution in [0.25, 0.3) is 0 Å². The molecule has 0 heterocycles. The second-order valence-electron chi connectivity index (χ2n) is 3.91. The summed E-state index contributed by atoms with van der Waals surface area (Å²) in [5.74, 6) is -4.22. The van der Waals surface area contributed by atoms with Crippen LogP contribution in [0.2, 0.25) is 0 Å². The van der Waals surface area contributed by atoms with Gasteiger partial charge in [-0.1, -0.05) is 18.2 Å². The van der Waals surface area contributed by atoms with Gasteiger partial charge < -0.3 is 10.2 Å². The van der Waals surface area contributed by atoms with Crippen LogP contribution in [0.4, 0.5) is 13.2 Å². The quantitative estimate of drug-likeness (QED) is 0.867. The third-order valence-corrected chi connectivity index (χ3v) is 2.59. The van der Waals surface area contributed by atoms with E-state index in [0.29, 0.717) is 0 Å². The third kappa shape index (κ3) is 3.97. The molecule has 19 heavy (non-hydrogen) atoms. The summed E-state index contributed by atoms with van der Waals surface area (Å²) < 4.78 is 38.3. The molecule has 0 aromatic heterocycles. The van der Waals surface area contributed by atoms with Crippen LogP contribution in [-0.4, -0.2) is 22.2 Å². The molecule has 2 N–H and O–H groups in total. The molecule has 1 unspecified atom stereocenters. The number of aliphatic carboxylic acids is 2. The second-order valence-corrected chi connectivity index (χ2v) is 3.91. The molecule has 0 saturated heterocycles. The number of carboxylic acid groups (broad SMARTS) is 2. The number of rotatable bonds is 5. The van der Waals surface area contributed by atoms with Crippen LogP contribution in [-0.2, 0) is 15.8 Å². The molecular formula is C12H11F3O4. The van der Waals surface area contributed by atoms with Gasteiger partial charge in [-0.15, -0.1) is 0 Å². The molecule has 1 aromatic rings. The first kappa shape index (κ1) is 15.0. The minimum absolute atomic E-state index is 0.391. The average molecular weight is 276 g/mol. The van der Waals surface area contributed by atoms with Gasteiger partial charge >= 0.3 is 18.1 Å². The monoisotopic (exact) mass is 276 g/mol. The van der Waals surface area contributed by atoms with E-state index in [1.54, 1.807) is 0 Å². The van der Waals surface area contributed by atoms with Crippen molar-refractivity contribution >= 4 is 11.9 Å². The van der Waals surface area contributed by atoms with Gasteiger partial charge in [0.2, 0.25) is 0 Å². The van der Waals surface area contributed by atoms with Crippen LogP contribution in [0.15, 0.2) is 24.3 Å². The summed E-state index contributed by atoms with van der Waals surface area (Å²) in [6.07, 6.45) is -5.57. The predicted molar refractivity (Wildman–Crippen MR) is 58.7 cm³/mol. The van der Waals surface area contributed by atoms with Crippen LogP contribution in [0.5, 0.6) is 0 Å². The van der Waals surface area contributed by atoms with Crippen molar-refractivity contribution in [3.05, 3.63) is 35.4 Å². The Bertz CT molecular complexity index is 482. The maximum Gasteiger partial charge on any atom is 0.416 e. The van der Waals surface area contributed by atoms with Crippen LogP contribution in [0.3, 0.4) is 0 Å². The summed E-state index contributed by atoms with van der Waals surface area (Å²) in [5.41, 5.74) is -1.46. The Hall–Kier alpha value is -2.05. The normalized spacial score (nSPS) is 13.0. The van der Waals surface area contributed by atoms with E-state index in [1.807, 2.05) is 0 Å². The first-order valence-electron chi connectivity index (χ1n) is 5.34. The first-order valence-corrected chi connectivity index (χ1v) is 5.34. The standard InChI is InChI=1S/C12H11F3O4/c13-12(14,15)9-4-2-1-3-7(9)8(11(18)19)5-6-10(16)17/h1-4,8H,5-6H2,(H,16,17)(H,18,19). The molecule has 0 spiro atoms. The van der Waals surface area contributed by atoms with Crippen molar-refractivity contribution in [2.75, 3.05) is 0 Å². The summed E-state index contributed by atoms with van der Waals surface area (Å²) in [7, 11) is 0. The van der Waals surface area contributed by atoms with Gasteiger partial charge in [-0.25, -0.2) is 0 Å². The van der Waals surface area contributed by atoms with Gasteiger partial charge in [-0.3, -0.25) is 9.59 Å². The zero-order valence-corrected chi connectivity index (χ0v) is 9.65. The second kappa shape index (κ2) is 5.73. The summed E-state index contributed by atoms with van der Waals surface area (Å²) in [4.78, 5) is 21.5. The molecule has 0 amide bonds. The molecule has 1 atom stereocenters. The summed E-state index contributed by atoms with van der Waals surface area (Å²) >= 11 is 0. The molecule has 0 aliphatic carbocycles. The Morgan fingerprint density at radius 3 is 2.21 bits per heavy atom.